The van der Waals surface area contributed by atoms with Gasteiger partial charge in [0.05, 0.1) is 0 Å². The molecular weight excluding hydrogens is 384 g/mol. The molecule has 0 unspecified atom stereocenters. The van der Waals surface area contributed by atoms with Crippen LogP contribution in [0.3, 0.4) is 0 Å². The van der Waals surface area contributed by atoms with Crippen LogP contribution < -0.4 is 15.4 Å². The molecule has 0 heterocycles. The number of amides is 1. The van der Waals surface area contributed by atoms with Gasteiger partial charge in [-0.2, -0.15) is 0 Å². The molecule has 3 aromatic rings. The van der Waals surface area contributed by atoms with E-state index in [1.165, 1.54) is 5.56 Å². The molecule has 0 saturated carbocycles. The van der Waals surface area contributed by atoms with Crippen LogP contribution in [0.25, 0.3) is 0 Å². The molecule has 3 aromatic carbocycles. The summed E-state index contributed by atoms with van der Waals surface area (Å²) in [5.41, 5.74) is 4.00. The Morgan fingerprint density at radius 2 is 1.76 bits per heavy atom. The van der Waals surface area contributed by atoms with Gasteiger partial charge in [-0.1, -0.05) is 59.6 Å². The van der Waals surface area contributed by atoms with Gasteiger partial charge in [0, 0.05) is 28.9 Å². The van der Waals surface area contributed by atoms with Crippen molar-refractivity contribution in [3.05, 3.63) is 94.5 Å². The van der Waals surface area contributed by atoms with E-state index < -0.39 is 0 Å². The van der Waals surface area contributed by atoms with E-state index in [-0.39, 0.29) is 18.6 Å². The quantitative estimate of drug-likeness (QED) is 0.516. The van der Waals surface area contributed by atoms with Crippen molar-refractivity contribution in [2.75, 3.05) is 11.9 Å². The largest absolute Gasteiger partial charge is 0.483 e. The Hall–Kier alpha value is -2.82. The van der Waals surface area contributed by atoms with Gasteiger partial charge in [0.25, 0.3) is 5.91 Å². The second kappa shape index (κ2) is 10.1. The Kier molecular flexibility index (Phi) is 7.28. The van der Waals surface area contributed by atoms with Gasteiger partial charge in [-0.25, -0.2) is 0 Å². The van der Waals surface area contributed by atoms with Gasteiger partial charge in [-0.05, 0) is 49.7 Å². The highest BCUT2D eigenvalue weighted by atomic mass is 35.5. The van der Waals surface area contributed by atoms with E-state index >= 15 is 0 Å². The zero-order valence-corrected chi connectivity index (χ0v) is 17.4. The highest BCUT2D eigenvalue weighted by molar-refractivity contribution is 6.30. The number of aryl methyl sites for hydroxylation is 1. The fourth-order valence-electron chi connectivity index (χ4n) is 2.93. The Balaban J connectivity index is 1.59. The molecule has 0 aromatic heterocycles. The normalized spacial score (nSPS) is 11.7. The lowest BCUT2D eigenvalue weighted by Crippen LogP contribution is -2.22. The number of hydrogen-bond donors (Lipinski definition) is 2. The van der Waals surface area contributed by atoms with Crippen LogP contribution >= 0.6 is 11.6 Å². The maximum atomic E-state index is 12.2. The first-order chi connectivity index (χ1) is 14.0. The molecule has 0 fully saturated rings. The number of nitrogens with one attached hydrogen (secondary N) is 2. The van der Waals surface area contributed by atoms with Crippen molar-refractivity contribution in [2.24, 2.45) is 0 Å². The van der Waals surface area contributed by atoms with Crippen molar-refractivity contribution < 1.29 is 9.53 Å². The van der Waals surface area contributed by atoms with Crippen LogP contribution in [-0.4, -0.2) is 12.5 Å². The standard InChI is InChI=1S/C24H25ClN2O2/c1-17-8-11-22(12-9-17)27-24(28)16-29-23-13-10-21(25)14-20(23)15-26-18(2)19-6-4-3-5-7-19/h3-14,18,26H,15-16H2,1-2H3,(H,27,28)/t18-/m1/s1. The smallest absolute Gasteiger partial charge is 0.262 e. The van der Waals surface area contributed by atoms with Crippen LogP contribution in [0.15, 0.2) is 72.8 Å². The third-order valence-electron chi connectivity index (χ3n) is 4.61. The average Bonchev–Trinajstić information content (AvgIpc) is 2.73. The molecule has 150 valence electrons. The topological polar surface area (TPSA) is 50.4 Å². The van der Waals surface area contributed by atoms with Crippen LogP contribution in [-0.2, 0) is 11.3 Å². The molecule has 0 radical (unpaired) electrons. The van der Waals surface area contributed by atoms with Crippen molar-refractivity contribution in [2.45, 2.75) is 26.4 Å². The first-order valence-electron chi connectivity index (χ1n) is 9.57. The molecule has 3 rings (SSSR count). The summed E-state index contributed by atoms with van der Waals surface area (Å²) < 4.78 is 5.78. The summed E-state index contributed by atoms with van der Waals surface area (Å²) in [7, 11) is 0. The van der Waals surface area contributed by atoms with E-state index in [1.54, 1.807) is 12.1 Å². The van der Waals surface area contributed by atoms with E-state index in [1.807, 2.05) is 55.5 Å². The molecule has 0 spiro atoms. The molecule has 2 N–H and O–H groups in total. The Labute approximate surface area is 176 Å². The van der Waals surface area contributed by atoms with Crippen molar-refractivity contribution in [3.63, 3.8) is 0 Å². The summed E-state index contributed by atoms with van der Waals surface area (Å²) in [6, 6.07) is 23.5. The van der Waals surface area contributed by atoms with Crippen LogP contribution in [0.4, 0.5) is 5.69 Å². The van der Waals surface area contributed by atoms with E-state index in [9.17, 15) is 4.79 Å². The highest BCUT2D eigenvalue weighted by Gasteiger charge is 2.11. The van der Waals surface area contributed by atoms with Crippen LogP contribution in [0.5, 0.6) is 5.75 Å². The minimum Gasteiger partial charge on any atom is -0.483 e. The number of anilines is 1. The van der Waals surface area contributed by atoms with Gasteiger partial charge in [0.15, 0.2) is 6.61 Å². The van der Waals surface area contributed by atoms with Gasteiger partial charge in [0.1, 0.15) is 5.75 Å². The molecule has 4 nitrogen and oxygen atoms in total. The Morgan fingerprint density at radius 3 is 2.48 bits per heavy atom. The lowest BCUT2D eigenvalue weighted by atomic mass is 10.1. The third-order valence-corrected chi connectivity index (χ3v) is 4.85. The molecule has 0 aliphatic carbocycles. The molecule has 1 amide bonds. The first-order valence-corrected chi connectivity index (χ1v) is 9.95. The lowest BCUT2D eigenvalue weighted by molar-refractivity contribution is -0.118. The minimum atomic E-state index is -0.208. The molecule has 5 heteroatoms. The van der Waals surface area contributed by atoms with E-state index in [0.29, 0.717) is 17.3 Å². The second-order valence-corrected chi connectivity index (χ2v) is 7.40. The average molecular weight is 409 g/mol. The number of hydrogen-bond acceptors (Lipinski definition) is 3. The SMILES string of the molecule is Cc1ccc(NC(=O)COc2ccc(Cl)cc2CN[C@H](C)c2ccccc2)cc1. The van der Waals surface area contributed by atoms with Gasteiger partial charge in [-0.15, -0.1) is 0 Å². The number of halogens is 1. The van der Waals surface area contributed by atoms with Gasteiger partial charge in [-0.3, -0.25) is 4.79 Å². The third kappa shape index (κ3) is 6.34. The first kappa shape index (κ1) is 20.9. The maximum Gasteiger partial charge on any atom is 0.262 e. The fourth-order valence-corrected chi connectivity index (χ4v) is 3.12. The number of ether oxygens (including phenoxy) is 1. The van der Waals surface area contributed by atoms with Crippen molar-refractivity contribution in [1.82, 2.24) is 5.32 Å². The van der Waals surface area contributed by atoms with Crippen molar-refractivity contribution in [3.8, 4) is 5.75 Å². The predicted molar refractivity (Wildman–Crippen MR) is 118 cm³/mol. The molecule has 29 heavy (non-hydrogen) atoms. The van der Waals surface area contributed by atoms with Crippen molar-refractivity contribution in [1.29, 1.82) is 0 Å². The van der Waals surface area contributed by atoms with Gasteiger partial charge in [0.2, 0.25) is 0 Å². The second-order valence-electron chi connectivity index (χ2n) is 6.97. The Bertz CT molecular complexity index is 943. The van der Waals surface area contributed by atoms with E-state index in [0.717, 1.165) is 16.8 Å². The van der Waals surface area contributed by atoms with Gasteiger partial charge < -0.3 is 15.4 Å². The summed E-state index contributed by atoms with van der Waals surface area (Å²) in [5.74, 6) is 0.432. The molecule has 0 saturated heterocycles. The van der Waals surface area contributed by atoms with E-state index in [2.05, 4.69) is 29.7 Å². The molecule has 0 aliphatic rings. The van der Waals surface area contributed by atoms with Crippen molar-refractivity contribution >= 4 is 23.2 Å². The summed E-state index contributed by atoms with van der Waals surface area (Å²) in [6.45, 7) is 4.61. The monoisotopic (exact) mass is 408 g/mol. The molecule has 0 bridgehead atoms. The molecule has 1 atom stereocenters. The predicted octanol–water partition coefficient (Wildman–Crippen LogP) is 5.52. The zero-order chi connectivity index (χ0) is 20.6. The summed E-state index contributed by atoms with van der Waals surface area (Å²) in [4.78, 5) is 12.2. The molecular formula is C24H25ClN2O2. The number of carbonyl (C=O) groups is 1. The molecule has 0 aliphatic heterocycles. The van der Waals surface area contributed by atoms with Gasteiger partial charge >= 0.3 is 0 Å². The summed E-state index contributed by atoms with van der Waals surface area (Å²) >= 11 is 6.17. The lowest BCUT2D eigenvalue weighted by Gasteiger charge is -2.17. The minimum absolute atomic E-state index is 0.0727. The van der Waals surface area contributed by atoms with Crippen LogP contribution in [0.2, 0.25) is 5.02 Å². The highest BCUT2D eigenvalue weighted by Crippen LogP contribution is 2.24. The summed E-state index contributed by atoms with van der Waals surface area (Å²) in [5, 5.41) is 6.94. The zero-order valence-electron chi connectivity index (χ0n) is 16.6. The number of rotatable bonds is 8. The maximum absolute atomic E-state index is 12.2. The van der Waals surface area contributed by atoms with Crippen LogP contribution in [0, 0.1) is 6.92 Å². The van der Waals surface area contributed by atoms with Crippen LogP contribution in [0.1, 0.15) is 29.7 Å². The number of carbonyl (C=O) groups excluding carboxylic acids is 1. The van der Waals surface area contributed by atoms with E-state index in [4.69, 9.17) is 16.3 Å². The number of benzene rings is 3. The fraction of sp³-hybridized carbons (Fsp3) is 0.208. The summed E-state index contributed by atoms with van der Waals surface area (Å²) in [6.07, 6.45) is 0. The Morgan fingerprint density at radius 1 is 1.03 bits per heavy atom.